The molecule has 0 aliphatic carbocycles. The van der Waals surface area contributed by atoms with Gasteiger partial charge >= 0.3 is 6.03 Å². The summed E-state index contributed by atoms with van der Waals surface area (Å²) < 4.78 is 18.8. The highest BCUT2D eigenvalue weighted by Gasteiger charge is 2.36. The fourth-order valence-corrected chi connectivity index (χ4v) is 3.60. The van der Waals surface area contributed by atoms with Gasteiger partial charge in [-0.3, -0.25) is 19.7 Å². The predicted octanol–water partition coefficient (Wildman–Crippen LogP) is 4.13. The van der Waals surface area contributed by atoms with Crippen LogP contribution in [0.4, 0.5) is 20.6 Å². The average Bonchev–Trinajstić information content (AvgIpc) is 2.84. The second-order valence-corrected chi connectivity index (χ2v) is 8.16. The summed E-state index contributed by atoms with van der Waals surface area (Å²) in [5.41, 5.74) is 3.11. The van der Waals surface area contributed by atoms with Gasteiger partial charge in [0, 0.05) is 5.69 Å². The predicted molar refractivity (Wildman–Crippen MR) is 132 cm³/mol. The lowest BCUT2D eigenvalue weighted by molar-refractivity contribution is -0.122. The normalized spacial score (nSPS) is 14.6. The van der Waals surface area contributed by atoms with Gasteiger partial charge in [-0.05, 0) is 73.5 Å². The first-order chi connectivity index (χ1) is 17.2. The van der Waals surface area contributed by atoms with Crippen molar-refractivity contribution in [2.45, 2.75) is 13.8 Å². The number of benzene rings is 3. The Morgan fingerprint density at radius 3 is 2.36 bits per heavy atom. The van der Waals surface area contributed by atoms with E-state index in [1.54, 1.807) is 24.3 Å². The number of urea groups is 1. The molecule has 3 aromatic rings. The summed E-state index contributed by atoms with van der Waals surface area (Å²) in [6.07, 6.45) is 1.33. The van der Waals surface area contributed by atoms with Crippen LogP contribution in [0.1, 0.15) is 16.7 Å². The minimum Gasteiger partial charge on any atom is -0.484 e. The zero-order valence-electron chi connectivity index (χ0n) is 19.5. The minimum absolute atomic E-state index is 0.125. The molecular formula is C27H22FN3O5. The molecule has 0 aromatic heterocycles. The average molecular weight is 487 g/mol. The zero-order valence-corrected chi connectivity index (χ0v) is 19.5. The van der Waals surface area contributed by atoms with Crippen LogP contribution in [0.25, 0.3) is 6.08 Å². The molecule has 5 amide bonds. The summed E-state index contributed by atoms with van der Waals surface area (Å²) in [6, 6.07) is 15.9. The van der Waals surface area contributed by atoms with Crippen LogP contribution in [0, 0.1) is 19.7 Å². The van der Waals surface area contributed by atoms with Crippen molar-refractivity contribution in [2.75, 3.05) is 16.8 Å². The Morgan fingerprint density at radius 2 is 1.69 bits per heavy atom. The van der Waals surface area contributed by atoms with E-state index in [-0.39, 0.29) is 23.8 Å². The first-order valence-corrected chi connectivity index (χ1v) is 11.0. The van der Waals surface area contributed by atoms with Gasteiger partial charge in [0.2, 0.25) is 0 Å². The molecule has 9 heteroatoms. The molecule has 8 nitrogen and oxygen atoms in total. The third-order valence-electron chi connectivity index (χ3n) is 5.40. The van der Waals surface area contributed by atoms with E-state index in [1.807, 2.05) is 32.0 Å². The fourth-order valence-electron chi connectivity index (χ4n) is 3.60. The highest BCUT2D eigenvalue weighted by atomic mass is 19.1. The van der Waals surface area contributed by atoms with Crippen LogP contribution in [0.3, 0.4) is 0 Å². The summed E-state index contributed by atoms with van der Waals surface area (Å²) >= 11 is 0. The monoisotopic (exact) mass is 487 g/mol. The third kappa shape index (κ3) is 5.47. The number of nitrogens with zero attached hydrogens (tertiary/aromatic N) is 1. The molecule has 3 aromatic carbocycles. The van der Waals surface area contributed by atoms with Crippen LogP contribution in [0.5, 0.6) is 5.75 Å². The molecule has 0 unspecified atom stereocenters. The molecule has 0 saturated carbocycles. The van der Waals surface area contributed by atoms with Gasteiger partial charge in [-0.2, -0.15) is 0 Å². The largest absolute Gasteiger partial charge is 0.484 e. The Morgan fingerprint density at radius 1 is 1.00 bits per heavy atom. The van der Waals surface area contributed by atoms with Gasteiger partial charge in [0.15, 0.2) is 6.61 Å². The minimum atomic E-state index is -0.920. The molecule has 0 bridgehead atoms. The molecule has 0 spiro atoms. The molecule has 36 heavy (non-hydrogen) atoms. The number of ether oxygens (including phenoxy) is 1. The van der Waals surface area contributed by atoms with Crippen LogP contribution >= 0.6 is 0 Å². The van der Waals surface area contributed by atoms with E-state index in [1.165, 1.54) is 18.2 Å². The van der Waals surface area contributed by atoms with Crippen LogP contribution < -0.4 is 20.3 Å². The SMILES string of the molecule is Cc1ccc(NC(=O)COc2ccc(/C=C3\C(=O)NC(=O)N(c4ccc(F)cc4)C3=O)cc2)c(C)c1. The van der Waals surface area contributed by atoms with Crippen LogP contribution in [0.15, 0.2) is 72.3 Å². The number of anilines is 2. The maximum absolute atomic E-state index is 13.2. The summed E-state index contributed by atoms with van der Waals surface area (Å²) in [5, 5.41) is 4.91. The van der Waals surface area contributed by atoms with Gasteiger partial charge in [0.05, 0.1) is 5.69 Å². The molecule has 1 saturated heterocycles. The van der Waals surface area contributed by atoms with Crippen molar-refractivity contribution in [2.24, 2.45) is 0 Å². The number of nitrogens with one attached hydrogen (secondary N) is 2. The summed E-state index contributed by atoms with van der Waals surface area (Å²) in [5.74, 6) is -2.11. The van der Waals surface area contributed by atoms with Crippen molar-refractivity contribution >= 4 is 41.2 Å². The topological polar surface area (TPSA) is 105 Å². The van der Waals surface area contributed by atoms with Crippen LogP contribution in [-0.4, -0.2) is 30.4 Å². The lowest BCUT2D eigenvalue weighted by Gasteiger charge is -2.26. The molecule has 2 N–H and O–H groups in total. The quantitative estimate of drug-likeness (QED) is 0.402. The van der Waals surface area contributed by atoms with Crippen molar-refractivity contribution in [3.63, 3.8) is 0 Å². The van der Waals surface area contributed by atoms with Crippen molar-refractivity contribution in [1.82, 2.24) is 5.32 Å². The van der Waals surface area contributed by atoms with Crippen molar-refractivity contribution in [3.05, 3.63) is 94.8 Å². The number of hydrogen-bond donors (Lipinski definition) is 2. The maximum Gasteiger partial charge on any atom is 0.335 e. The van der Waals surface area contributed by atoms with Gasteiger partial charge < -0.3 is 10.1 Å². The van der Waals surface area contributed by atoms with Crippen molar-refractivity contribution < 1.29 is 28.3 Å². The Balaban J connectivity index is 1.42. The van der Waals surface area contributed by atoms with Gasteiger partial charge in [-0.1, -0.05) is 29.8 Å². The summed E-state index contributed by atoms with van der Waals surface area (Å²) in [6.45, 7) is 3.67. The third-order valence-corrected chi connectivity index (χ3v) is 5.40. The first-order valence-electron chi connectivity index (χ1n) is 11.0. The number of halogens is 1. The first kappa shape index (κ1) is 24.3. The van der Waals surface area contributed by atoms with E-state index in [0.717, 1.165) is 28.2 Å². The molecule has 1 aliphatic heterocycles. The van der Waals surface area contributed by atoms with Gasteiger partial charge in [-0.15, -0.1) is 0 Å². The second-order valence-electron chi connectivity index (χ2n) is 8.16. The number of hydrogen-bond acceptors (Lipinski definition) is 5. The number of imide groups is 2. The lowest BCUT2D eigenvalue weighted by Crippen LogP contribution is -2.54. The van der Waals surface area contributed by atoms with Crippen LogP contribution in [-0.2, 0) is 14.4 Å². The molecular weight excluding hydrogens is 465 g/mol. The standard InChI is InChI=1S/C27H22FN3O5/c1-16-3-12-23(17(2)13-16)29-24(32)15-36-21-10-4-18(5-11-21)14-22-25(33)30-27(35)31(26(22)34)20-8-6-19(28)7-9-20/h3-14H,15H2,1-2H3,(H,29,32)(H,30,33,35)/b22-14+. The number of carbonyl (C=O) groups excluding carboxylic acids is 4. The Bertz CT molecular complexity index is 1380. The molecule has 4 rings (SSSR count). The zero-order chi connectivity index (χ0) is 25.8. The van der Waals surface area contributed by atoms with Crippen molar-refractivity contribution in [3.8, 4) is 5.75 Å². The second kappa shape index (κ2) is 10.2. The Hall–Kier alpha value is -4.79. The van der Waals surface area contributed by atoms with E-state index >= 15 is 0 Å². The van der Waals surface area contributed by atoms with E-state index in [9.17, 15) is 23.6 Å². The van der Waals surface area contributed by atoms with E-state index in [2.05, 4.69) is 10.6 Å². The summed E-state index contributed by atoms with van der Waals surface area (Å²) in [7, 11) is 0. The lowest BCUT2D eigenvalue weighted by atomic mass is 10.1. The highest BCUT2D eigenvalue weighted by Crippen LogP contribution is 2.23. The summed E-state index contributed by atoms with van der Waals surface area (Å²) in [4.78, 5) is 50.4. The number of carbonyl (C=O) groups is 4. The number of aryl methyl sites for hydroxylation is 2. The number of rotatable bonds is 6. The smallest absolute Gasteiger partial charge is 0.335 e. The van der Waals surface area contributed by atoms with Gasteiger partial charge in [-0.25, -0.2) is 14.1 Å². The Kier molecular flexibility index (Phi) is 6.91. The van der Waals surface area contributed by atoms with E-state index in [0.29, 0.717) is 17.0 Å². The Labute approximate surface area is 206 Å². The molecule has 0 radical (unpaired) electrons. The molecule has 0 atom stereocenters. The van der Waals surface area contributed by atoms with E-state index < -0.39 is 23.7 Å². The van der Waals surface area contributed by atoms with Gasteiger partial charge in [0.1, 0.15) is 17.1 Å². The fraction of sp³-hybridized carbons (Fsp3) is 0.111. The van der Waals surface area contributed by atoms with Crippen LogP contribution in [0.2, 0.25) is 0 Å². The molecule has 182 valence electrons. The maximum atomic E-state index is 13.2. The number of barbiturate groups is 1. The van der Waals surface area contributed by atoms with Crippen molar-refractivity contribution in [1.29, 1.82) is 0 Å². The molecule has 1 heterocycles. The highest BCUT2D eigenvalue weighted by molar-refractivity contribution is 6.39. The number of amides is 5. The molecule has 1 fully saturated rings. The van der Waals surface area contributed by atoms with Gasteiger partial charge in [0.25, 0.3) is 17.7 Å². The molecule has 1 aliphatic rings. The van der Waals surface area contributed by atoms with E-state index in [4.69, 9.17) is 4.74 Å².